The molecule has 0 aromatic carbocycles. The number of halogens is 7. The van der Waals surface area contributed by atoms with E-state index in [9.17, 15) is 40.3 Å². The Hall–Kier alpha value is -1.03. The number of nitrogens with one attached hydrogen (secondary N) is 1. The fourth-order valence-electron chi connectivity index (χ4n) is 1.15. The van der Waals surface area contributed by atoms with E-state index in [-0.39, 0.29) is 0 Å². The zero-order valence-electron chi connectivity index (χ0n) is 10.4. The fourth-order valence-corrected chi connectivity index (χ4v) is 4.98. The van der Waals surface area contributed by atoms with Crippen molar-refractivity contribution in [1.29, 1.82) is 0 Å². The van der Waals surface area contributed by atoms with E-state index in [4.69, 9.17) is 0 Å². The molecular weight excluding hydrogens is 368 g/mol. The minimum atomic E-state index is -6.62. The van der Waals surface area contributed by atoms with Crippen molar-refractivity contribution in [2.75, 3.05) is 0 Å². The maximum absolute atomic E-state index is 13.3. The third-order valence-corrected chi connectivity index (χ3v) is 7.30. The van der Waals surface area contributed by atoms with Gasteiger partial charge in [0.25, 0.3) is 0 Å². The van der Waals surface area contributed by atoms with E-state index in [1.165, 1.54) is 0 Å². The van der Waals surface area contributed by atoms with Crippen LogP contribution in [-0.4, -0.2) is 40.7 Å². The summed E-state index contributed by atoms with van der Waals surface area (Å²) in [6.45, 7) is 0. The fraction of sp³-hybridized carbons (Fsp3) is 0.750. The van der Waals surface area contributed by atoms with Gasteiger partial charge in [-0.3, -0.25) is 0 Å². The summed E-state index contributed by atoms with van der Waals surface area (Å²) < 4.78 is 87.1. The summed E-state index contributed by atoms with van der Waals surface area (Å²) in [4.78, 5) is 22.2. The molecule has 1 radical (unpaired) electrons. The second-order valence-electron chi connectivity index (χ2n) is 4.95. The number of rotatable bonds is 4. The maximum atomic E-state index is 13.3. The molecule has 0 aromatic rings. The number of hydrogen-bond acceptors (Lipinski definition) is 2. The van der Waals surface area contributed by atoms with Crippen LogP contribution in [0, 0.1) is 0 Å². The van der Waals surface area contributed by atoms with Crippen molar-refractivity contribution in [3.63, 3.8) is 0 Å². The molecule has 3 N–H and O–H groups in total. The molecular formula is C8H12F7N2O2Se. The predicted molar refractivity (Wildman–Crippen MR) is 57.0 cm³/mol. The van der Waals surface area contributed by atoms with Gasteiger partial charge in [-0.1, -0.05) is 0 Å². The molecule has 0 aliphatic carbocycles. The molecule has 121 valence electrons. The van der Waals surface area contributed by atoms with Crippen LogP contribution in [0.2, 0.25) is 17.5 Å². The van der Waals surface area contributed by atoms with Crippen LogP contribution in [0.15, 0.2) is 0 Å². The Kier molecular flexibility index (Phi) is 4.25. The molecule has 0 aliphatic rings. The standard InChI is InChI=1S/C8H12F7N2O2Se/c1-20(2,3,17-5(16)19)4(18)6(9,10)7(11,12)8(13,14)15/h1-3H3,(H3,16,17,19). The minimum absolute atomic E-state index is 0.702. The number of amides is 2. The van der Waals surface area contributed by atoms with Crippen molar-refractivity contribution in [1.82, 2.24) is 4.33 Å². The van der Waals surface area contributed by atoms with E-state index in [0.29, 0.717) is 17.5 Å². The molecule has 0 bridgehead atoms. The number of hydrogen-bond donors (Lipinski definition) is 2. The Morgan fingerprint density at radius 3 is 1.55 bits per heavy atom. The summed E-state index contributed by atoms with van der Waals surface area (Å²) in [5, 5.41) is 0. The third-order valence-electron chi connectivity index (χ3n) is 2.11. The summed E-state index contributed by atoms with van der Waals surface area (Å²) in [6, 6.07) is -1.48. The van der Waals surface area contributed by atoms with Crippen molar-refractivity contribution >= 4 is 22.7 Å². The van der Waals surface area contributed by atoms with Gasteiger partial charge in [0.2, 0.25) is 0 Å². The first-order valence-electron chi connectivity index (χ1n) is 4.65. The quantitative estimate of drug-likeness (QED) is 0.581. The predicted octanol–water partition coefficient (Wildman–Crippen LogP) is 2.38. The average Bonchev–Trinajstić information content (AvgIpc) is 2.10. The molecule has 0 saturated carbocycles. The molecule has 0 aromatic heterocycles. The van der Waals surface area contributed by atoms with Crippen molar-refractivity contribution in [3.8, 4) is 0 Å². The van der Waals surface area contributed by atoms with Crippen LogP contribution in [0.4, 0.5) is 35.5 Å². The Morgan fingerprint density at radius 2 is 1.30 bits per heavy atom. The molecule has 2 amide bonds. The number of primary amides is 1. The summed E-state index contributed by atoms with van der Waals surface area (Å²) in [7, 11) is 0. The Bertz CT molecular complexity index is 438. The summed E-state index contributed by atoms with van der Waals surface area (Å²) in [5.74, 6) is -10.5. The number of carbonyl (C=O) groups excluding carboxylic acids is 2. The van der Waals surface area contributed by atoms with Gasteiger partial charge in [-0.2, -0.15) is 0 Å². The second-order valence-corrected chi connectivity index (χ2v) is 16.9. The van der Waals surface area contributed by atoms with Gasteiger partial charge in [0.15, 0.2) is 0 Å². The number of carbonyl (C=O) groups is 2. The third kappa shape index (κ3) is 3.17. The molecule has 0 aliphatic heterocycles. The van der Waals surface area contributed by atoms with Crippen LogP contribution in [0.3, 0.4) is 0 Å². The molecule has 12 heteroatoms. The number of urea groups is 1. The van der Waals surface area contributed by atoms with Gasteiger partial charge in [0, 0.05) is 0 Å². The van der Waals surface area contributed by atoms with Crippen molar-refractivity contribution in [2.24, 2.45) is 5.73 Å². The van der Waals surface area contributed by atoms with E-state index < -0.39 is 40.7 Å². The molecule has 0 rings (SSSR count). The van der Waals surface area contributed by atoms with Crippen LogP contribution in [-0.2, 0) is 4.79 Å². The SMILES string of the molecule is C[Se](C)(C)(NC(N)=O)C(=O)C(F)(F)C(F)(F)C(F)(F)F. The van der Waals surface area contributed by atoms with Gasteiger partial charge in [0.1, 0.15) is 0 Å². The van der Waals surface area contributed by atoms with Gasteiger partial charge >= 0.3 is 109 Å². The molecule has 20 heavy (non-hydrogen) atoms. The topological polar surface area (TPSA) is 72.2 Å². The Labute approximate surface area is 109 Å². The first-order chi connectivity index (χ1) is 8.35. The van der Waals surface area contributed by atoms with Crippen LogP contribution in [0.5, 0.6) is 0 Å². The van der Waals surface area contributed by atoms with Crippen LogP contribution >= 0.6 is 0 Å². The normalized spacial score (nSPS) is 16.2. The Balaban J connectivity index is 5.87. The monoisotopic (exact) mass is 381 g/mol. The molecule has 0 atom stereocenters. The summed E-state index contributed by atoms with van der Waals surface area (Å²) in [6.07, 6.45) is -6.62. The van der Waals surface area contributed by atoms with Gasteiger partial charge in [-0.05, 0) is 0 Å². The average molecular weight is 380 g/mol. The van der Waals surface area contributed by atoms with E-state index >= 15 is 0 Å². The zero-order valence-corrected chi connectivity index (χ0v) is 12.2. The number of nitrogens with two attached hydrogens (primary N) is 1. The van der Waals surface area contributed by atoms with Gasteiger partial charge < -0.3 is 0 Å². The molecule has 0 saturated heterocycles. The van der Waals surface area contributed by atoms with Crippen molar-refractivity contribution in [2.45, 2.75) is 35.5 Å². The van der Waals surface area contributed by atoms with E-state index in [2.05, 4.69) is 5.73 Å². The second kappa shape index (κ2) is 4.48. The zero-order chi connectivity index (χ0) is 16.8. The van der Waals surface area contributed by atoms with Crippen molar-refractivity contribution < 1.29 is 40.3 Å². The molecule has 0 spiro atoms. The van der Waals surface area contributed by atoms with Crippen LogP contribution < -0.4 is 10.1 Å². The molecule has 4 nitrogen and oxygen atoms in total. The molecule has 0 unspecified atom stereocenters. The van der Waals surface area contributed by atoms with Gasteiger partial charge in [-0.15, -0.1) is 0 Å². The first-order valence-corrected chi connectivity index (χ1v) is 11.5. The van der Waals surface area contributed by atoms with Gasteiger partial charge in [0.05, 0.1) is 0 Å². The number of alkyl halides is 7. The van der Waals surface area contributed by atoms with E-state index in [1.807, 2.05) is 0 Å². The molecule has 0 heterocycles. The van der Waals surface area contributed by atoms with E-state index in [1.54, 1.807) is 4.33 Å². The van der Waals surface area contributed by atoms with Crippen molar-refractivity contribution in [3.05, 3.63) is 0 Å². The summed E-state index contributed by atoms with van der Waals surface area (Å²) >= 11 is -5.22. The van der Waals surface area contributed by atoms with Crippen LogP contribution in [0.1, 0.15) is 0 Å². The van der Waals surface area contributed by atoms with E-state index in [0.717, 1.165) is 0 Å². The van der Waals surface area contributed by atoms with Gasteiger partial charge in [-0.25, -0.2) is 0 Å². The first kappa shape index (κ1) is 19.0. The summed E-state index contributed by atoms with van der Waals surface area (Å²) in [5.41, 5.74) is 4.62. The molecule has 0 fully saturated rings. The van der Waals surface area contributed by atoms with Crippen LogP contribution in [0.25, 0.3) is 0 Å². The Morgan fingerprint density at radius 1 is 0.950 bits per heavy atom.